The van der Waals surface area contributed by atoms with Crippen LogP contribution in [0.25, 0.3) is 0 Å². The Morgan fingerprint density at radius 2 is 1.89 bits per heavy atom. The minimum Gasteiger partial charge on any atom is -0.495 e. The van der Waals surface area contributed by atoms with Crippen LogP contribution in [0.15, 0.2) is 42.5 Å². The summed E-state index contributed by atoms with van der Waals surface area (Å²) in [5.41, 5.74) is 3.18. The molecule has 0 aromatic heterocycles. The Morgan fingerprint density at radius 1 is 1.17 bits per heavy atom. The molecular formula is C15H15ClNO. The third kappa shape index (κ3) is 3.17. The molecule has 0 atom stereocenters. The first-order valence-electron chi connectivity index (χ1n) is 5.67. The molecular weight excluding hydrogens is 246 g/mol. The monoisotopic (exact) mass is 260 g/mol. The number of nitrogens with one attached hydrogen (secondary N) is 1. The average Bonchev–Trinajstić information content (AvgIpc) is 2.38. The van der Waals surface area contributed by atoms with Crippen LogP contribution in [0.2, 0.25) is 5.02 Å². The molecule has 0 aliphatic heterocycles. The van der Waals surface area contributed by atoms with Crippen molar-refractivity contribution in [1.29, 1.82) is 0 Å². The molecule has 2 aromatic carbocycles. The van der Waals surface area contributed by atoms with Crippen LogP contribution in [-0.2, 0) is 6.54 Å². The van der Waals surface area contributed by atoms with E-state index in [-0.39, 0.29) is 0 Å². The molecule has 0 amide bonds. The zero-order valence-corrected chi connectivity index (χ0v) is 11.0. The smallest absolute Gasteiger partial charge is 0.137 e. The second kappa shape index (κ2) is 5.78. The molecule has 0 unspecified atom stereocenters. The van der Waals surface area contributed by atoms with Crippen LogP contribution < -0.4 is 10.1 Å². The van der Waals surface area contributed by atoms with E-state index >= 15 is 0 Å². The van der Waals surface area contributed by atoms with Gasteiger partial charge in [-0.2, -0.15) is 0 Å². The van der Waals surface area contributed by atoms with Crippen LogP contribution in [0.3, 0.4) is 0 Å². The maximum atomic E-state index is 6.07. The number of ether oxygens (including phenoxy) is 1. The van der Waals surface area contributed by atoms with Gasteiger partial charge in [-0.1, -0.05) is 29.8 Å². The fourth-order valence-electron chi connectivity index (χ4n) is 1.65. The number of hydrogen-bond acceptors (Lipinski definition) is 2. The number of methoxy groups -OCH3 is 1. The minimum absolute atomic E-state index is 0.630. The van der Waals surface area contributed by atoms with Gasteiger partial charge in [-0.3, -0.25) is 0 Å². The molecule has 0 fully saturated rings. The van der Waals surface area contributed by atoms with E-state index < -0.39 is 0 Å². The summed E-state index contributed by atoms with van der Waals surface area (Å²) in [7, 11) is 1.61. The normalized spacial score (nSPS) is 10.2. The molecule has 0 bridgehead atoms. The Bertz CT molecular complexity index is 523. The van der Waals surface area contributed by atoms with E-state index in [1.165, 1.54) is 0 Å². The summed E-state index contributed by atoms with van der Waals surface area (Å²) in [5.74, 6) is 0.696. The predicted octanol–water partition coefficient (Wildman–Crippen LogP) is 4.14. The highest BCUT2D eigenvalue weighted by atomic mass is 35.5. The zero-order valence-electron chi connectivity index (χ0n) is 10.2. The first kappa shape index (κ1) is 12.8. The van der Waals surface area contributed by atoms with E-state index in [4.69, 9.17) is 16.3 Å². The van der Waals surface area contributed by atoms with Crippen LogP contribution in [0, 0.1) is 6.92 Å². The molecule has 0 aliphatic rings. The molecule has 0 spiro atoms. The van der Waals surface area contributed by atoms with E-state index in [1.54, 1.807) is 7.11 Å². The largest absolute Gasteiger partial charge is 0.495 e. The number of hydrogen-bond donors (Lipinski definition) is 1. The molecule has 0 heterocycles. The number of halogens is 1. The van der Waals surface area contributed by atoms with Crippen LogP contribution in [0.1, 0.15) is 11.1 Å². The molecule has 0 saturated carbocycles. The Morgan fingerprint density at radius 3 is 2.50 bits per heavy atom. The van der Waals surface area contributed by atoms with Gasteiger partial charge < -0.3 is 10.1 Å². The van der Waals surface area contributed by atoms with Crippen molar-refractivity contribution in [2.45, 2.75) is 6.54 Å². The lowest BCUT2D eigenvalue weighted by atomic mass is 10.2. The van der Waals surface area contributed by atoms with Gasteiger partial charge in [0.25, 0.3) is 0 Å². The van der Waals surface area contributed by atoms with Gasteiger partial charge in [0.15, 0.2) is 0 Å². The molecule has 1 N–H and O–H groups in total. The standard InChI is InChI=1S/C15H15ClNO/c1-11-3-6-13(7-4-11)17-10-12-5-8-15(18-2)14(16)9-12/h3-9,17H,1,10H2,2H3. The minimum atomic E-state index is 0.630. The number of anilines is 1. The molecule has 0 aliphatic carbocycles. The van der Waals surface area contributed by atoms with Gasteiger partial charge in [-0.25, -0.2) is 0 Å². The molecule has 0 saturated heterocycles. The van der Waals surface area contributed by atoms with Crippen molar-refractivity contribution in [2.24, 2.45) is 0 Å². The Hall–Kier alpha value is -1.67. The maximum Gasteiger partial charge on any atom is 0.137 e. The summed E-state index contributed by atoms with van der Waals surface area (Å²) >= 11 is 6.07. The van der Waals surface area contributed by atoms with Gasteiger partial charge in [-0.05, 0) is 42.3 Å². The fourth-order valence-corrected chi connectivity index (χ4v) is 1.93. The summed E-state index contributed by atoms with van der Waals surface area (Å²) < 4.78 is 5.12. The highest BCUT2D eigenvalue weighted by molar-refractivity contribution is 6.32. The zero-order chi connectivity index (χ0) is 13.0. The summed E-state index contributed by atoms with van der Waals surface area (Å²) in [5, 5.41) is 3.96. The Labute approximate surface area is 113 Å². The van der Waals surface area contributed by atoms with Gasteiger partial charge in [-0.15, -0.1) is 0 Å². The van der Waals surface area contributed by atoms with E-state index in [0.717, 1.165) is 23.4 Å². The van der Waals surface area contributed by atoms with E-state index in [9.17, 15) is 0 Å². The van der Waals surface area contributed by atoms with Gasteiger partial charge >= 0.3 is 0 Å². The molecule has 3 heteroatoms. The summed E-state index contributed by atoms with van der Waals surface area (Å²) in [6, 6.07) is 13.7. The molecule has 18 heavy (non-hydrogen) atoms. The van der Waals surface area contributed by atoms with Crippen molar-refractivity contribution in [3.8, 4) is 5.75 Å². The summed E-state index contributed by atoms with van der Waals surface area (Å²) in [6.45, 7) is 4.57. The van der Waals surface area contributed by atoms with Gasteiger partial charge in [0.2, 0.25) is 0 Å². The quantitative estimate of drug-likeness (QED) is 0.892. The molecule has 2 aromatic rings. The van der Waals surface area contributed by atoms with Crippen LogP contribution in [-0.4, -0.2) is 7.11 Å². The molecule has 93 valence electrons. The SMILES string of the molecule is [CH2]c1ccc(NCc2ccc(OC)c(Cl)c2)cc1. The van der Waals surface area contributed by atoms with E-state index in [0.29, 0.717) is 10.8 Å². The highest BCUT2D eigenvalue weighted by Crippen LogP contribution is 2.25. The highest BCUT2D eigenvalue weighted by Gasteiger charge is 2.01. The van der Waals surface area contributed by atoms with E-state index in [2.05, 4.69) is 12.2 Å². The van der Waals surface area contributed by atoms with E-state index in [1.807, 2.05) is 42.5 Å². The number of rotatable bonds is 4. The van der Waals surface area contributed by atoms with Crippen molar-refractivity contribution in [3.05, 3.63) is 65.5 Å². The molecule has 1 radical (unpaired) electrons. The summed E-state index contributed by atoms with van der Waals surface area (Å²) in [6.07, 6.45) is 0. The van der Waals surface area contributed by atoms with Crippen molar-refractivity contribution in [3.63, 3.8) is 0 Å². The van der Waals surface area contributed by atoms with Crippen molar-refractivity contribution in [2.75, 3.05) is 12.4 Å². The number of benzene rings is 2. The van der Waals surface area contributed by atoms with Crippen LogP contribution >= 0.6 is 11.6 Å². The van der Waals surface area contributed by atoms with Crippen molar-refractivity contribution in [1.82, 2.24) is 0 Å². The first-order chi connectivity index (χ1) is 8.69. The average molecular weight is 261 g/mol. The van der Waals surface area contributed by atoms with Gasteiger partial charge in [0, 0.05) is 12.2 Å². The fraction of sp³-hybridized carbons (Fsp3) is 0.133. The molecule has 2 rings (SSSR count). The maximum absolute atomic E-state index is 6.07. The van der Waals surface area contributed by atoms with Gasteiger partial charge in [0.1, 0.15) is 5.75 Å². The lowest BCUT2D eigenvalue weighted by molar-refractivity contribution is 0.415. The second-order valence-electron chi connectivity index (χ2n) is 4.02. The predicted molar refractivity (Wildman–Crippen MR) is 76.2 cm³/mol. The topological polar surface area (TPSA) is 21.3 Å². The Kier molecular flexibility index (Phi) is 4.11. The van der Waals surface area contributed by atoms with Crippen LogP contribution in [0.4, 0.5) is 5.69 Å². The third-order valence-corrected chi connectivity index (χ3v) is 2.96. The van der Waals surface area contributed by atoms with Crippen LogP contribution in [0.5, 0.6) is 5.75 Å². The summed E-state index contributed by atoms with van der Waals surface area (Å²) in [4.78, 5) is 0. The van der Waals surface area contributed by atoms with Gasteiger partial charge in [0.05, 0.1) is 12.1 Å². The second-order valence-corrected chi connectivity index (χ2v) is 4.43. The third-order valence-electron chi connectivity index (χ3n) is 2.67. The Balaban J connectivity index is 2.02. The van der Waals surface area contributed by atoms with Crippen molar-refractivity contribution < 1.29 is 4.74 Å². The molecule has 2 nitrogen and oxygen atoms in total. The lowest BCUT2D eigenvalue weighted by Crippen LogP contribution is -1.99. The van der Waals surface area contributed by atoms with Crippen molar-refractivity contribution >= 4 is 17.3 Å². The lowest BCUT2D eigenvalue weighted by Gasteiger charge is -2.09. The first-order valence-corrected chi connectivity index (χ1v) is 6.05.